The van der Waals surface area contributed by atoms with Crippen LogP contribution in [0.5, 0.6) is 5.75 Å². The van der Waals surface area contributed by atoms with Gasteiger partial charge >= 0.3 is 0 Å². The lowest BCUT2D eigenvalue weighted by atomic mass is 10.1. The Hall–Kier alpha value is -2.04. The standard InChI is InChI=1S/C16H20N2O3/c1-21-14-4-2-3-11(7-14)8-15(19)17-12-9-16(20)18(10-12)13-5-6-13/h2-4,7,12-13H,5-6,8-10H2,1H3,(H,17,19). The molecule has 0 aromatic heterocycles. The van der Waals surface area contributed by atoms with Gasteiger partial charge in [0.2, 0.25) is 11.8 Å². The van der Waals surface area contributed by atoms with E-state index in [1.807, 2.05) is 29.2 Å². The fourth-order valence-electron chi connectivity index (χ4n) is 2.81. The molecule has 1 atom stereocenters. The van der Waals surface area contributed by atoms with Gasteiger partial charge in [-0.3, -0.25) is 9.59 Å². The van der Waals surface area contributed by atoms with Crippen molar-refractivity contribution < 1.29 is 14.3 Å². The molecule has 3 rings (SSSR count). The van der Waals surface area contributed by atoms with Crippen molar-refractivity contribution in [2.75, 3.05) is 13.7 Å². The summed E-state index contributed by atoms with van der Waals surface area (Å²) in [5.74, 6) is 0.874. The lowest BCUT2D eigenvalue weighted by molar-refractivity contribution is -0.128. The average Bonchev–Trinajstić information content (AvgIpc) is 3.23. The zero-order chi connectivity index (χ0) is 14.8. The second-order valence-electron chi connectivity index (χ2n) is 5.77. The summed E-state index contributed by atoms with van der Waals surface area (Å²) in [6.07, 6.45) is 2.96. The van der Waals surface area contributed by atoms with E-state index >= 15 is 0 Å². The SMILES string of the molecule is COc1cccc(CC(=O)NC2CC(=O)N(C3CC3)C2)c1. The highest BCUT2D eigenvalue weighted by Gasteiger charge is 2.39. The summed E-state index contributed by atoms with van der Waals surface area (Å²) in [7, 11) is 1.61. The number of benzene rings is 1. The molecular formula is C16H20N2O3. The molecule has 0 spiro atoms. The van der Waals surface area contributed by atoms with Crippen molar-refractivity contribution >= 4 is 11.8 Å². The van der Waals surface area contributed by atoms with Crippen LogP contribution in [0.25, 0.3) is 0 Å². The maximum Gasteiger partial charge on any atom is 0.225 e. The van der Waals surface area contributed by atoms with E-state index in [1.54, 1.807) is 7.11 Å². The van der Waals surface area contributed by atoms with Crippen LogP contribution in [0.3, 0.4) is 0 Å². The molecule has 1 unspecified atom stereocenters. The Morgan fingerprint density at radius 1 is 1.43 bits per heavy atom. The van der Waals surface area contributed by atoms with Crippen molar-refractivity contribution in [1.82, 2.24) is 10.2 Å². The van der Waals surface area contributed by atoms with Gasteiger partial charge in [0, 0.05) is 19.0 Å². The molecule has 5 heteroatoms. The van der Waals surface area contributed by atoms with Crippen LogP contribution in [-0.4, -0.2) is 42.5 Å². The van der Waals surface area contributed by atoms with Gasteiger partial charge in [0.1, 0.15) is 5.75 Å². The Labute approximate surface area is 124 Å². The van der Waals surface area contributed by atoms with Gasteiger partial charge < -0.3 is 15.0 Å². The highest BCUT2D eigenvalue weighted by molar-refractivity contribution is 5.83. The van der Waals surface area contributed by atoms with Crippen molar-refractivity contribution in [1.29, 1.82) is 0 Å². The van der Waals surface area contributed by atoms with Crippen LogP contribution in [0.2, 0.25) is 0 Å². The second-order valence-corrected chi connectivity index (χ2v) is 5.77. The van der Waals surface area contributed by atoms with Crippen LogP contribution in [0.1, 0.15) is 24.8 Å². The maximum absolute atomic E-state index is 12.1. The fraction of sp³-hybridized carbons (Fsp3) is 0.500. The largest absolute Gasteiger partial charge is 0.497 e. The van der Waals surface area contributed by atoms with E-state index in [4.69, 9.17) is 4.74 Å². The zero-order valence-electron chi connectivity index (χ0n) is 12.2. The Bertz CT molecular complexity index is 554. The number of carbonyl (C=O) groups excluding carboxylic acids is 2. The number of nitrogens with one attached hydrogen (secondary N) is 1. The van der Waals surface area contributed by atoms with Gasteiger partial charge in [-0.05, 0) is 30.5 Å². The van der Waals surface area contributed by atoms with Crippen LogP contribution < -0.4 is 10.1 Å². The van der Waals surface area contributed by atoms with Gasteiger partial charge in [0.05, 0.1) is 19.6 Å². The van der Waals surface area contributed by atoms with Crippen molar-refractivity contribution in [3.8, 4) is 5.75 Å². The van der Waals surface area contributed by atoms with E-state index in [1.165, 1.54) is 0 Å². The number of ether oxygens (including phenoxy) is 1. The summed E-state index contributed by atoms with van der Waals surface area (Å²) in [6.45, 7) is 0.660. The van der Waals surface area contributed by atoms with Gasteiger partial charge in [-0.15, -0.1) is 0 Å². The first-order valence-electron chi connectivity index (χ1n) is 7.37. The number of carbonyl (C=O) groups is 2. The Morgan fingerprint density at radius 2 is 2.24 bits per heavy atom. The molecule has 1 aromatic rings. The smallest absolute Gasteiger partial charge is 0.225 e. The molecular weight excluding hydrogens is 268 g/mol. The number of hydrogen-bond acceptors (Lipinski definition) is 3. The Kier molecular flexibility index (Phi) is 3.82. The minimum Gasteiger partial charge on any atom is -0.497 e. The van der Waals surface area contributed by atoms with Gasteiger partial charge in [0.15, 0.2) is 0 Å². The number of methoxy groups -OCH3 is 1. The predicted octanol–water partition coefficient (Wildman–Crippen LogP) is 1.12. The molecule has 2 amide bonds. The normalized spacial score (nSPS) is 21.5. The molecule has 0 radical (unpaired) electrons. The molecule has 1 saturated carbocycles. The van der Waals surface area contributed by atoms with Gasteiger partial charge in [-0.1, -0.05) is 12.1 Å². The molecule has 112 valence electrons. The van der Waals surface area contributed by atoms with Crippen molar-refractivity contribution in [3.63, 3.8) is 0 Å². The molecule has 0 bridgehead atoms. The third-order valence-corrected chi connectivity index (χ3v) is 4.01. The van der Waals surface area contributed by atoms with E-state index < -0.39 is 0 Å². The molecule has 2 fully saturated rings. The molecule has 5 nitrogen and oxygen atoms in total. The quantitative estimate of drug-likeness (QED) is 0.883. The lowest BCUT2D eigenvalue weighted by Crippen LogP contribution is -2.38. The summed E-state index contributed by atoms with van der Waals surface area (Å²) in [5.41, 5.74) is 0.912. The van der Waals surface area contributed by atoms with Crippen molar-refractivity contribution in [2.24, 2.45) is 0 Å². The first kappa shape index (κ1) is 13.9. The third kappa shape index (κ3) is 3.35. The van der Waals surface area contributed by atoms with E-state index in [2.05, 4.69) is 5.32 Å². The van der Waals surface area contributed by atoms with Gasteiger partial charge in [-0.25, -0.2) is 0 Å². The van der Waals surface area contributed by atoms with E-state index in [0.29, 0.717) is 25.4 Å². The second kappa shape index (κ2) is 5.76. The highest BCUT2D eigenvalue weighted by Crippen LogP contribution is 2.30. The van der Waals surface area contributed by atoms with Crippen molar-refractivity contribution in [3.05, 3.63) is 29.8 Å². The number of hydrogen-bond donors (Lipinski definition) is 1. The van der Waals surface area contributed by atoms with Crippen LogP contribution in [0.4, 0.5) is 0 Å². The van der Waals surface area contributed by atoms with Gasteiger partial charge in [0.25, 0.3) is 0 Å². The molecule has 1 saturated heterocycles. The number of amides is 2. The monoisotopic (exact) mass is 288 g/mol. The zero-order valence-corrected chi connectivity index (χ0v) is 12.2. The lowest BCUT2D eigenvalue weighted by Gasteiger charge is -2.16. The molecule has 21 heavy (non-hydrogen) atoms. The van der Waals surface area contributed by atoms with E-state index in [-0.39, 0.29) is 17.9 Å². The van der Waals surface area contributed by atoms with E-state index in [0.717, 1.165) is 24.2 Å². The molecule has 1 aliphatic heterocycles. The van der Waals surface area contributed by atoms with Gasteiger partial charge in [-0.2, -0.15) is 0 Å². The predicted molar refractivity (Wildman–Crippen MR) is 78.0 cm³/mol. The van der Waals surface area contributed by atoms with Crippen LogP contribution in [0.15, 0.2) is 24.3 Å². The molecule has 1 aliphatic carbocycles. The molecule has 1 N–H and O–H groups in total. The average molecular weight is 288 g/mol. The summed E-state index contributed by atoms with van der Waals surface area (Å²) < 4.78 is 5.15. The molecule has 2 aliphatic rings. The molecule has 1 aromatic carbocycles. The third-order valence-electron chi connectivity index (χ3n) is 4.01. The summed E-state index contributed by atoms with van der Waals surface area (Å²) in [6, 6.07) is 7.86. The molecule has 1 heterocycles. The summed E-state index contributed by atoms with van der Waals surface area (Å²) >= 11 is 0. The highest BCUT2D eigenvalue weighted by atomic mass is 16.5. The Balaban J connectivity index is 1.53. The van der Waals surface area contributed by atoms with E-state index in [9.17, 15) is 9.59 Å². The number of likely N-dealkylation sites (tertiary alicyclic amines) is 1. The first-order valence-corrected chi connectivity index (χ1v) is 7.37. The summed E-state index contributed by atoms with van der Waals surface area (Å²) in [4.78, 5) is 25.8. The fourth-order valence-corrected chi connectivity index (χ4v) is 2.81. The number of rotatable bonds is 5. The minimum absolute atomic E-state index is 0.0429. The number of nitrogens with zero attached hydrogens (tertiary/aromatic N) is 1. The Morgan fingerprint density at radius 3 is 2.95 bits per heavy atom. The topological polar surface area (TPSA) is 58.6 Å². The van der Waals surface area contributed by atoms with Crippen LogP contribution in [0, 0.1) is 0 Å². The minimum atomic E-state index is -0.0452. The van der Waals surface area contributed by atoms with Crippen molar-refractivity contribution in [2.45, 2.75) is 37.8 Å². The van der Waals surface area contributed by atoms with Crippen LogP contribution in [-0.2, 0) is 16.0 Å². The first-order chi connectivity index (χ1) is 10.2. The van der Waals surface area contributed by atoms with Crippen LogP contribution >= 0.6 is 0 Å². The maximum atomic E-state index is 12.1. The summed E-state index contributed by atoms with van der Waals surface area (Å²) in [5, 5.41) is 2.97.